The molecule has 0 amide bonds. The van der Waals surface area contributed by atoms with Gasteiger partial charge in [-0.05, 0) is 43.3 Å². The van der Waals surface area contributed by atoms with Crippen molar-refractivity contribution in [2.75, 3.05) is 0 Å². The zero-order valence-corrected chi connectivity index (χ0v) is 16.4. The van der Waals surface area contributed by atoms with Crippen molar-refractivity contribution in [3.05, 3.63) is 76.9 Å². The molecule has 0 unspecified atom stereocenters. The first-order chi connectivity index (χ1) is 12.7. The summed E-state index contributed by atoms with van der Waals surface area (Å²) in [7, 11) is 0. The predicted octanol–water partition coefficient (Wildman–Crippen LogP) is 5.29. The van der Waals surface area contributed by atoms with E-state index in [1.54, 1.807) is 18.0 Å². The van der Waals surface area contributed by atoms with E-state index in [0.717, 1.165) is 20.9 Å². The summed E-state index contributed by atoms with van der Waals surface area (Å²) in [6.07, 6.45) is 3.75. The monoisotopic (exact) mass is 426 g/mol. The van der Waals surface area contributed by atoms with Gasteiger partial charge < -0.3 is 4.52 Å². The van der Waals surface area contributed by atoms with Crippen LogP contribution in [0, 0.1) is 6.92 Å². The van der Waals surface area contributed by atoms with E-state index in [1.165, 1.54) is 5.56 Å². The molecule has 0 saturated carbocycles. The lowest BCUT2D eigenvalue weighted by Crippen LogP contribution is -1.95. The highest BCUT2D eigenvalue weighted by Gasteiger charge is 2.12. The van der Waals surface area contributed by atoms with Gasteiger partial charge in [0.25, 0.3) is 0 Å². The molecule has 0 N–H and O–H groups in total. The summed E-state index contributed by atoms with van der Waals surface area (Å²) in [4.78, 5) is 8.91. The molecular formula is C19H15BrN4OS. The van der Waals surface area contributed by atoms with Gasteiger partial charge in [-0.15, -0.1) is 0 Å². The molecule has 0 fully saturated rings. The number of aryl methyl sites for hydroxylation is 1. The first-order valence-corrected chi connectivity index (χ1v) is 9.78. The Kier molecular flexibility index (Phi) is 4.90. The molecule has 0 saturated heterocycles. The second-order valence-electron chi connectivity index (χ2n) is 5.72. The van der Waals surface area contributed by atoms with Crippen LogP contribution in [0.4, 0.5) is 0 Å². The van der Waals surface area contributed by atoms with Crippen LogP contribution >= 0.6 is 27.7 Å². The number of hydrogen-bond donors (Lipinski definition) is 0. The summed E-state index contributed by atoms with van der Waals surface area (Å²) in [6, 6.07) is 16.2. The maximum absolute atomic E-state index is 5.38. The van der Waals surface area contributed by atoms with Crippen LogP contribution in [0.5, 0.6) is 0 Å². The quantitative estimate of drug-likeness (QED) is 0.406. The molecule has 0 atom stereocenters. The van der Waals surface area contributed by atoms with E-state index in [0.29, 0.717) is 17.5 Å². The maximum atomic E-state index is 5.38. The fourth-order valence-corrected chi connectivity index (χ4v) is 3.53. The normalized spacial score (nSPS) is 11.0. The van der Waals surface area contributed by atoms with Gasteiger partial charge in [0, 0.05) is 28.1 Å². The Hall–Kier alpha value is -2.38. The van der Waals surface area contributed by atoms with Gasteiger partial charge in [-0.3, -0.25) is 4.57 Å². The molecule has 0 aliphatic heterocycles. The van der Waals surface area contributed by atoms with Gasteiger partial charge >= 0.3 is 0 Å². The van der Waals surface area contributed by atoms with E-state index in [4.69, 9.17) is 4.52 Å². The Morgan fingerprint density at radius 1 is 1.08 bits per heavy atom. The van der Waals surface area contributed by atoms with E-state index >= 15 is 0 Å². The Labute approximate surface area is 163 Å². The van der Waals surface area contributed by atoms with Crippen LogP contribution in [0.2, 0.25) is 0 Å². The smallest absolute Gasteiger partial charge is 0.237 e. The molecule has 0 spiro atoms. The molecule has 0 aliphatic carbocycles. The second kappa shape index (κ2) is 7.47. The summed E-state index contributed by atoms with van der Waals surface area (Å²) in [6.45, 7) is 2.08. The van der Waals surface area contributed by atoms with Crippen LogP contribution in [0.25, 0.3) is 17.1 Å². The maximum Gasteiger partial charge on any atom is 0.237 e. The highest BCUT2D eigenvalue weighted by Crippen LogP contribution is 2.25. The predicted molar refractivity (Wildman–Crippen MR) is 105 cm³/mol. The Balaban J connectivity index is 1.48. The van der Waals surface area contributed by atoms with E-state index in [1.807, 2.05) is 30.5 Å². The van der Waals surface area contributed by atoms with Gasteiger partial charge in [-0.25, -0.2) is 4.98 Å². The zero-order chi connectivity index (χ0) is 17.9. The number of imidazole rings is 1. The van der Waals surface area contributed by atoms with Crippen molar-refractivity contribution in [3.63, 3.8) is 0 Å². The summed E-state index contributed by atoms with van der Waals surface area (Å²) >= 11 is 4.99. The van der Waals surface area contributed by atoms with Gasteiger partial charge in [-0.2, -0.15) is 4.98 Å². The van der Waals surface area contributed by atoms with Crippen molar-refractivity contribution in [2.45, 2.75) is 17.8 Å². The summed E-state index contributed by atoms with van der Waals surface area (Å²) in [5.41, 5.74) is 3.24. The lowest BCUT2D eigenvalue weighted by molar-refractivity contribution is 0.391. The minimum absolute atomic E-state index is 0.562. The van der Waals surface area contributed by atoms with Crippen LogP contribution in [0.1, 0.15) is 11.5 Å². The standard InChI is InChI=1S/C19H15BrN4OS/c1-13-2-8-16(9-3-13)24-11-10-21-19(24)26-12-17-22-18(23-25-17)14-4-6-15(20)7-5-14/h2-11H,12H2,1H3. The Morgan fingerprint density at radius 3 is 2.62 bits per heavy atom. The third-order valence-electron chi connectivity index (χ3n) is 3.81. The molecule has 7 heteroatoms. The lowest BCUT2D eigenvalue weighted by Gasteiger charge is -2.06. The number of thioether (sulfide) groups is 1. The first-order valence-electron chi connectivity index (χ1n) is 8.01. The van der Waals surface area contributed by atoms with Crippen LogP contribution in [-0.4, -0.2) is 19.7 Å². The third-order valence-corrected chi connectivity index (χ3v) is 5.29. The highest BCUT2D eigenvalue weighted by molar-refractivity contribution is 9.10. The fraction of sp³-hybridized carbons (Fsp3) is 0.105. The zero-order valence-electron chi connectivity index (χ0n) is 14.0. The van der Waals surface area contributed by atoms with E-state index < -0.39 is 0 Å². The molecule has 4 rings (SSSR count). The number of hydrogen-bond acceptors (Lipinski definition) is 5. The molecule has 4 aromatic rings. The van der Waals surface area contributed by atoms with Gasteiger partial charge in [0.15, 0.2) is 5.16 Å². The van der Waals surface area contributed by atoms with Crippen molar-refractivity contribution < 1.29 is 4.52 Å². The van der Waals surface area contributed by atoms with E-state index in [2.05, 4.69) is 66.8 Å². The average molecular weight is 427 g/mol. The van der Waals surface area contributed by atoms with Gasteiger partial charge in [-0.1, -0.05) is 50.5 Å². The minimum Gasteiger partial charge on any atom is -0.338 e. The number of rotatable bonds is 5. The van der Waals surface area contributed by atoms with E-state index in [-0.39, 0.29) is 0 Å². The Bertz CT molecular complexity index is 1010. The topological polar surface area (TPSA) is 56.7 Å². The molecule has 2 heterocycles. The molecule has 26 heavy (non-hydrogen) atoms. The van der Waals surface area contributed by atoms with E-state index in [9.17, 15) is 0 Å². The molecular weight excluding hydrogens is 412 g/mol. The average Bonchev–Trinajstić information content (AvgIpc) is 3.30. The largest absolute Gasteiger partial charge is 0.338 e. The SMILES string of the molecule is Cc1ccc(-n2ccnc2SCc2nc(-c3ccc(Br)cc3)no2)cc1. The second-order valence-corrected chi connectivity index (χ2v) is 7.58. The minimum atomic E-state index is 0.562. The highest BCUT2D eigenvalue weighted by atomic mass is 79.9. The van der Waals surface area contributed by atoms with Gasteiger partial charge in [0.1, 0.15) is 0 Å². The Morgan fingerprint density at radius 2 is 1.85 bits per heavy atom. The number of nitrogens with zero attached hydrogens (tertiary/aromatic N) is 4. The van der Waals surface area contributed by atoms with Crippen molar-refractivity contribution in [1.82, 2.24) is 19.7 Å². The molecule has 2 aromatic carbocycles. The molecule has 5 nitrogen and oxygen atoms in total. The van der Waals surface area contributed by atoms with Crippen molar-refractivity contribution in [2.24, 2.45) is 0 Å². The fourth-order valence-electron chi connectivity index (χ4n) is 2.45. The summed E-state index contributed by atoms with van der Waals surface area (Å²) < 4.78 is 8.45. The number of benzene rings is 2. The van der Waals surface area contributed by atoms with Crippen molar-refractivity contribution >= 4 is 27.7 Å². The lowest BCUT2D eigenvalue weighted by atomic mass is 10.2. The van der Waals surface area contributed by atoms with Crippen molar-refractivity contribution in [3.8, 4) is 17.1 Å². The summed E-state index contributed by atoms with van der Waals surface area (Å²) in [5.74, 6) is 1.73. The molecule has 2 aromatic heterocycles. The van der Waals surface area contributed by atoms with Gasteiger partial charge in [0.05, 0.1) is 5.75 Å². The van der Waals surface area contributed by atoms with Gasteiger partial charge in [0.2, 0.25) is 11.7 Å². The number of halogens is 1. The first kappa shape index (κ1) is 17.1. The van der Waals surface area contributed by atoms with Crippen LogP contribution in [0.3, 0.4) is 0 Å². The molecule has 0 bridgehead atoms. The number of aromatic nitrogens is 4. The van der Waals surface area contributed by atoms with Crippen LogP contribution < -0.4 is 0 Å². The molecule has 0 radical (unpaired) electrons. The third kappa shape index (κ3) is 3.73. The molecule has 130 valence electrons. The molecule has 0 aliphatic rings. The van der Waals surface area contributed by atoms with Crippen molar-refractivity contribution in [1.29, 1.82) is 0 Å². The summed E-state index contributed by atoms with van der Waals surface area (Å²) in [5, 5.41) is 4.95. The van der Waals surface area contributed by atoms with Crippen LogP contribution in [-0.2, 0) is 5.75 Å². The van der Waals surface area contributed by atoms with Crippen LogP contribution in [0.15, 0.2) is 75.1 Å².